The van der Waals surface area contributed by atoms with Crippen LogP contribution in [0.4, 0.5) is 0 Å². The van der Waals surface area contributed by atoms with Gasteiger partial charge in [-0.15, -0.1) is 0 Å². The van der Waals surface area contributed by atoms with Crippen LogP contribution in [0.25, 0.3) is 11.4 Å². The molecule has 0 spiro atoms. The third-order valence-corrected chi connectivity index (χ3v) is 4.56. The molecule has 128 valence electrons. The van der Waals surface area contributed by atoms with Gasteiger partial charge in [0.1, 0.15) is 5.82 Å². The van der Waals surface area contributed by atoms with E-state index in [-0.39, 0.29) is 17.9 Å². The third kappa shape index (κ3) is 3.32. The number of carbonyl (C=O) groups is 1. The van der Waals surface area contributed by atoms with Gasteiger partial charge in [-0.3, -0.25) is 9.48 Å². The van der Waals surface area contributed by atoms with Gasteiger partial charge in [-0.25, -0.2) is 9.97 Å². The molecule has 1 atom stereocenters. The Kier molecular flexibility index (Phi) is 4.64. The second-order valence-electron chi connectivity index (χ2n) is 6.78. The summed E-state index contributed by atoms with van der Waals surface area (Å²) in [5, 5.41) is 4.40. The molecule has 1 saturated heterocycles. The Morgan fingerprint density at radius 2 is 2.12 bits per heavy atom. The number of aryl methyl sites for hydroxylation is 1. The van der Waals surface area contributed by atoms with Gasteiger partial charge in [0.2, 0.25) is 5.91 Å². The van der Waals surface area contributed by atoms with Gasteiger partial charge in [0, 0.05) is 43.9 Å². The fraction of sp³-hybridized carbons (Fsp3) is 0.556. The molecular formula is C18H25N5O. The average molecular weight is 327 g/mol. The Balaban J connectivity index is 1.94. The summed E-state index contributed by atoms with van der Waals surface area (Å²) < 4.78 is 1.98. The molecular weight excluding hydrogens is 302 g/mol. The van der Waals surface area contributed by atoms with E-state index in [9.17, 15) is 4.79 Å². The van der Waals surface area contributed by atoms with Crippen LogP contribution in [0.2, 0.25) is 0 Å². The van der Waals surface area contributed by atoms with Crippen LogP contribution in [0.15, 0.2) is 18.3 Å². The normalized spacial score (nSPS) is 18.2. The summed E-state index contributed by atoms with van der Waals surface area (Å²) in [6, 6.07) is 4.34. The Bertz CT molecular complexity index is 737. The van der Waals surface area contributed by atoms with E-state index in [4.69, 9.17) is 0 Å². The molecule has 0 bridgehead atoms. The summed E-state index contributed by atoms with van der Waals surface area (Å²) in [6.07, 6.45) is 3.89. The number of hydrogen-bond acceptors (Lipinski definition) is 4. The molecule has 24 heavy (non-hydrogen) atoms. The summed E-state index contributed by atoms with van der Waals surface area (Å²) in [6.45, 7) is 9.38. The van der Waals surface area contributed by atoms with Gasteiger partial charge in [-0.1, -0.05) is 0 Å². The smallest absolute Gasteiger partial charge is 0.219 e. The minimum atomic E-state index is 0.142. The molecule has 1 aliphatic heterocycles. The first kappa shape index (κ1) is 16.6. The first-order valence-corrected chi connectivity index (χ1v) is 8.60. The van der Waals surface area contributed by atoms with E-state index in [0.29, 0.717) is 0 Å². The number of hydrogen-bond donors (Lipinski definition) is 0. The van der Waals surface area contributed by atoms with Crippen molar-refractivity contribution in [3.05, 3.63) is 29.8 Å². The molecule has 6 heteroatoms. The lowest BCUT2D eigenvalue weighted by molar-refractivity contribution is -0.130. The number of carbonyl (C=O) groups excluding carboxylic acids is 1. The number of piperidine rings is 1. The van der Waals surface area contributed by atoms with Crippen molar-refractivity contribution in [2.24, 2.45) is 0 Å². The summed E-state index contributed by atoms with van der Waals surface area (Å²) in [7, 11) is 0. The zero-order valence-corrected chi connectivity index (χ0v) is 14.9. The number of aromatic nitrogens is 4. The van der Waals surface area contributed by atoms with Gasteiger partial charge in [-0.2, -0.15) is 5.10 Å². The van der Waals surface area contributed by atoms with E-state index in [0.717, 1.165) is 48.8 Å². The third-order valence-electron chi connectivity index (χ3n) is 4.56. The average Bonchev–Trinajstić information content (AvgIpc) is 3.04. The highest BCUT2D eigenvalue weighted by atomic mass is 16.2. The molecule has 2 aromatic rings. The SMILES string of the molecule is CC(=O)N1CCC[C@H](c2cc(-c3ccnn3C(C)C)nc(C)n2)C1. The second-order valence-corrected chi connectivity index (χ2v) is 6.78. The lowest BCUT2D eigenvalue weighted by atomic mass is 9.94. The summed E-state index contributed by atoms with van der Waals surface area (Å²) in [5.41, 5.74) is 2.94. The quantitative estimate of drug-likeness (QED) is 0.869. The first-order chi connectivity index (χ1) is 11.5. The van der Waals surface area contributed by atoms with Crippen LogP contribution in [0, 0.1) is 6.92 Å². The van der Waals surface area contributed by atoms with Crippen LogP contribution in [-0.4, -0.2) is 43.6 Å². The molecule has 1 fully saturated rings. The highest BCUT2D eigenvalue weighted by Gasteiger charge is 2.25. The number of nitrogens with zero attached hydrogens (tertiary/aromatic N) is 5. The largest absolute Gasteiger partial charge is 0.342 e. The van der Waals surface area contributed by atoms with E-state index < -0.39 is 0 Å². The van der Waals surface area contributed by atoms with Gasteiger partial charge >= 0.3 is 0 Å². The van der Waals surface area contributed by atoms with E-state index in [1.165, 1.54) is 0 Å². The first-order valence-electron chi connectivity index (χ1n) is 8.60. The summed E-state index contributed by atoms with van der Waals surface area (Å²) >= 11 is 0. The Morgan fingerprint density at radius 1 is 1.33 bits per heavy atom. The molecule has 0 aromatic carbocycles. The van der Waals surface area contributed by atoms with Crippen molar-refractivity contribution in [3.63, 3.8) is 0 Å². The van der Waals surface area contributed by atoms with Crippen LogP contribution >= 0.6 is 0 Å². The van der Waals surface area contributed by atoms with Gasteiger partial charge in [0.05, 0.1) is 11.4 Å². The molecule has 2 aromatic heterocycles. The van der Waals surface area contributed by atoms with Crippen molar-refractivity contribution < 1.29 is 4.79 Å². The summed E-state index contributed by atoms with van der Waals surface area (Å²) in [4.78, 5) is 22.9. The maximum Gasteiger partial charge on any atom is 0.219 e. The van der Waals surface area contributed by atoms with Crippen molar-refractivity contribution in [2.75, 3.05) is 13.1 Å². The molecule has 1 amide bonds. The molecule has 3 heterocycles. The zero-order chi connectivity index (χ0) is 17.3. The van der Waals surface area contributed by atoms with Crippen LogP contribution in [0.3, 0.4) is 0 Å². The van der Waals surface area contributed by atoms with Crippen molar-refractivity contribution in [1.29, 1.82) is 0 Å². The van der Waals surface area contributed by atoms with Crippen LogP contribution in [-0.2, 0) is 4.79 Å². The molecule has 0 aliphatic carbocycles. The molecule has 0 saturated carbocycles. The van der Waals surface area contributed by atoms with Crippen LogP contribution in [0.5, 0.6) is 0 Å². The second kappa shape index (κ2) is 6.71. The van der Waals surface area contributed by atoms with Gasteiger partial charge in [0.15, 0.2) is 0 Å². The van der Waals surface area contributed by atoms with Crippen molar-refractivity contribution in [3.8, 4) is 11.4 Å². The highest BCUT2D eigenvalue weighted by molar-refractivity contribution is 5.73. The monoisotopic (exact) mass is 327 g/mol. The van der Waals surface area contributed by atoms with Gasteiger partial charge < -0.3 is 4.90 Å². The molecule has 0 radical (unpaired) electrons. The van der Waals surface area contributed by atoms with Gasteiger partial charge in [-0.05, 0) is 45.7 Å². The predicted molar refractivity (Wildman–Crippen MR) is 92.6 cm³/mol. The maximum absolute atomic E-state index is 11.7. The Morgan fingerprint density at radius 3 is 2.83 bits per heavy atom. The Hall–Kier alpha value is -2.24. The zero-order valence-electron chi connectivity index (χ0n) is 14.9. The van der Waals surface area contributed by atoms with Crippen molar-refractivity contribution in [2.45, 2.75) is 52.5 Å². The number of likely N-dealkylation sites (tertiary alicyclic amines) is 1. The van der Waals surface area contributed by atoms with Gasteiger partial charge in [0.25, 0.3) is 0 Å². The van der Waals surface area contributed by atoms with E-state index in [2.05, 4.69) is 35.0 Å². The van der Waals surface area contributed by atoms with E-state index >= 15 is 0 Å². The van der Waals surface area contributed by atoms with E-state index in [1.54, 1.807) is 6.92 Å². The number of amides is 1. The standard InChI is InChI=1S/C18H25N5O/c1-12(2)23-18(7-8-19-23)17-10-16(20-13(3)21-17)15-6-5-9-22(11-15)14(4)24/h7-8,10,12,15H,5-6,9,11H2,1-4H3/t15-/m0/s1. The fourth-order valence-electron chi connectivity index (χ4n) is 3.36. The highest BCUT2D eigenvalue weighted by Crippen LogP contribution is 2.29. The minimum Gasteiger partial charge on any atom is -0.342 e. The topological polar surface area (TPSA) is 63.9 Å². The number of rotatable bonds is 3. The van der Waals surface area contributed by atoms with Crippen LogP contribution < -0.4 is 0 Å². The lowest BCUT2D eigenvalue weighted by Gasteiger charge is -2.32. The van der Waals surface area contributed by atoms with Crippen molar-refractivity contribution >= 4 is 5.91 Å². The molecule has 3 rings (SSSR count). The summed E-state index contributed by atoms with van der Waals surface area (Å²) in [5.74, 6) is 1.18. The molecule has 6 nitrogen and oxygen atoms in total. The van der Waals surface area contributed by atoms with Crippen molar-refractivity contribution in [1.82, 2.24) is 24.6 Å². The fourth-order valence-corrected chi connectivity index (χ4v) is 3.36. The maximum atomic E-state index is 11.7. The molecule has 1 aliphatic rings. The Labute approximate surface area is 142 Å². The lowest BCUT2D eigenvalue weighted by Crippen LogP contribution is -2.37. The predicted octanol–water partition coefficient (Wildman–Crippen LogP) is 2.96. The molecule has 0 unspecified atom stereocenters. The van der Waals surface area contributed by atoms with E-state index in [1.807, 2.05) is 28.8 Å². The van der Waals surface area contributed by atoms with Crippen LogP contribution in [0.1, 0.15) is 57.1 Å². The molecule has 0 N–H and O–H groups in total. The minimum absolute atomic E-state index is 0.142.